The number of ether oxygens (including phenoxy) is 3. The Balaban J connectivity index is 1.85. The molecule has 2 aromatic heterocycles. The summed E-state index contributed by atoms with van der Waals surface area (Å²) >= 11 is 11.8. The lowest BCUT2D eigenvalue weighted by atomic mass is 10.3. The monoisotopic (exact) mass is 423 g/mol. The minimum absolute atomic E-state index is 0.00306. The molecule has 0 aliphatic rings. The number of pyridine rings is 2. The number of nitriles is 1. The number of rotatable bonds is 6. The fourth-order valence-electron chi connectivity index (χ4n) is 2.04. The van der Waals surface area contributed by atoms with Crippen molar-refractivity contribution in [2.75, 3.05) is 0 Å². The number of benzene rings is 1. The van der Waals surface area contributed by atoms with Crippen LogP contribution in [0.3, 0.4) is 0 Å². The Morgan fingerprint density at radius 1 is 0.893 bits per heavy atom. The Hall–Kier alpha value is -3.15. The standard InChI is InChI=1S/C18H9Cl2F2N3O3/c19-13-2-1-11(7-14(13)20)26-16-5-10(9-23)6-17(25-16)27-12-3-4-24-15(8-12)28-18(21)22/h1-8,18H. The molecule has 142 valence electrons. The van der Waals surface area contributed by atoms with Crippen LogP contribution in [0.25, 0.3) is 0 Å². The predicted octanol–water partition coefficient (Wildman–Crippen LogP) is 5.84. The first kappa shape index (κ1) is 19.6. The van der Waals surface area contributed by atoms with Crippen LogP contribution in [0, 0.1) is 11.3 Å². The SMILES string of the molecule is N#Cc1cc(Oc2ccnc(OC(F)F)c2)nc(Oc2ccc(Cl)c(Cl)c2)c1. The zero-order valence-electron chi connectivity index (χ0n) is 13.8. The fourth-order valence-corrected chi connectivity index (χ4v) is 2.33. The highest BCUT2D eigenvalue weighted by Gasteiger charge is 2.11. The Bertz CT molecular complexity index is 1040. The number of hydrogen-bond donors (Lipinski definition) is 0. The van der Waals surface area contributed by atoms with E-state index >= 15 is 0 Å². The van der Waals surface area contributed by atoms with Gasteiger partial charge in [-0.3, -0.25) is 0 Å². The van der Waals surface area contributed by atoms with Gasteiger partial charge in [-0.05, 0) is 18.2 Å². The van der Waals surface area contributed by atoms with Crippen LogP contribution < -0.4 is 14.2 Å². The molecule has 3 aromatic rings. The van der Waals surface area contributed by atoms with Crippen LogP contribution in [0.4, 0.5) is 8.78 Å². The van der Waals surface area contributed by atoms with Crippen molar-refractivity contribution in [3.63, 3.8) is 0 Å². The number of halogens is 4. The van der Waals surface area contributed by atoms with Gasteiger partial charge in [-0.15, -0.1) is 0 Å². The molecule has 0 saturated heterocycles. The number of alkyl halides is 2. The van der Waals surface area contributed by atoms with Crippen molar-refractivity contribution in [1.82, 2.24) is 9.97 Å². The van der Waals surface area contributed by atoms with Crippen LogP contribution in [-0.4, -0.2) is 16.6 Å². The van der Waals surface area contributed by atoms with Crippen LogP contribution in [0.2, 0.25) is 10.0 Å². The second kappa shape index (κ2) is 8.69. The first-order chi connectivity index (χ1) is 13.4. The molecule has 3 rings (SSSR count). The summed E-state index contributed by atoms with van der Waals surface area (Å²) < 4.78 is 39.9. The van der Waals surface area contributed by atoms with Gasteiger partial charge in [0.25, 0.3) is 0 Å². The first-order valence-electron chi connectivity index (χ1n) is 7.57. The molecule has 6 nitrogen and oxygen atoms in total. The highest BCUT2D eigenvalue weighted by atomic mass is 35.5. The van der Waals surface area contributed by atoms with Crippen LogP contribution in [0.1, 0.15) is 5.56 Å². The predicted molar refractivity (Wildman–Crippen MR) is 96.4 cm³/mol. The molecule has 0 aliphatic heterocycles. The van der Waals surface area contributed by atoms with E-state index in [9.17, 15) is 14.0 Å². The fraction of sp³-hybridized carbons (Fsp3) is 0.0556. The molecular weight excluding hydrogens is 415 g/mol. The normalized spacial score (nSPS) is 10.4. The van der Waals surface area contributed by atoms with Crippen LogP contribution >= 0.6 is 23.2 Å². The zero-order chi connectivity index (χ0) is 20.1. The van der Waals surface area contributed by atoms with Gasteiger partial charge in [0.05, 0.1) is 21.7 Å². The Morgan fingerprint density at radius 2 is 1.57 bits per heavy atom. The quantitative estimate of drug-likeness (QED) is 0.495. The van der Waals surface area contributed by atoms with Gasteiger partial charge in [-0.2, -0.15) is 19.0 Å². The van der Waals surface area contributed by atoms with E-state index in [1.54, 1.807) is 12.1 Å². The second-order valence-electron chi connectivity index (χ2n) is 5.13. The average Bonchev–Trinajstić information content (AvgIpc) is 2.64. The third kappa shape index (κ3) is 5.19. The van der Waals surface area contributed by atoms with Gasteiger partial charge in [0.2, 0.25) is 17.6 Å². The molecule has 0 radical (unpaired) electrons. The molecule has 0 saturated carbocycles. The van der Waals surface area contributed by atoms with E-state index in [1.165, 1.54) is 30.5 Å². The third-order valence-corrected chi connectivity index (χ3v) is 3.90. The molecular formula is C18H9Cl2F2N3O3. The Labute approximate surface area is 167 Å². The van der Waals surface area contributed by atoms with E-state index in [0.717, 1.165) is 6.07 Å². The molecule has 0 amide bonds. The molecule has 0 bridgehead atoms. The van der Waals surface area contributed by atoms with Crippen LogP contribution in [0.5, 0.6) is 29.1 Å². The van der Waals surface area contributed by atoms with Crippen molar-refractivity contribution in [1.29, 1.82) is 5.26 Å². The van der Waals surface area contributed by atoms with Gasteiger partial charge >= 0.3 is 6.61 Å². The van der Waals surface area contributed by atoms with Crippen LogP contribution in [-0.2, 0) is 0 Å². The van der Waals surface area contributed by atoms with Gasteiger partial charge < -0.3 is 14.2 Å². The lowest BCUT2D eigenvalue weighted by molar-refractivity contribution is -0.0529. The highest BCUT2D eigenvalue weighted by Crippen LogP contribution is 2.31. The van der Waals surface area contributed by atoms with E-state index in [0.29, 0.717) is 10.8 Å². The van der Waals surface area contributed by atoms with E-state index in [-0.39, 0.29) is 34.0 Å². The van der Waals surface area contributed by atoms with Gasteiger partial charge in [-0.1, -0.05) is 23.2 Å². The second-order valence-corrected chi connectivity index (χ2v) is 5.95. The summed E-state index contributed by atoms with van der Waals surface area (Å²) in [6.07, 6.45) is 1.23. The van der Waals surface area contributed by atoms with E-state index in [1.807, 2.05) is 6.07 Å². The molecule has 28 heavy (non-hydrogen) atoms. The third-order valence-electron chi connectivity index (χ3n) is 3.16. The zero-order valence-corrected chi connectivity index (χ0v) is 15.3. The van der Waals surface area contributed by atoms with Gasteiger partial charge in [0, 0.05) is 30.5 Å². The molecule has 2 heterocycles. The van der Waals surface area contributed by atoms with Crippen molar-refractivity contribution in [3.8, 4) is 35.2 Å². The largest absolute Gasteiger partial charge is 0.439 e. The van der Waals surface area contributed by atoms with Gasteiger partial charge in [0.1, 0.15) is 11.5 Å². The molecule has 0 atom stereocenters. The smallest absolute Gasteiger partial charge is 0.388 e. The molecule has 0 N–H and O–H groups in total. The van der Waals surface area contributed by atoms with Crippen molar-refractivity contribution in [2.24, 2.45) is 0 Å². The summed E-state index contributed by atoms with van der Waals surface area (Å²) in [6.45, 7) is -3.02. The summed E-state index contributed by atoms with van der Waals surface area (Å²) in [6, 6.07) is 11.9. The molecule has 10 heteroatoms. The number of nitrogens with zero attached hydrogens (tertiary/aromatic N) is 3. The average molecular weight is 424 g/mol. The number of aromatic nitrogens is 2. The van der Waals surface area contributed by atoms with Gasteiger partial charge in [-0.25, -0.2) is 4.98 Å². The van der Waals surface area contributed by atoms with Crippen molar-refractivity contribution < 1.29 is 23.0 Å². The van der Waals surface area contributed by atoms with E-state index in [4.69, 9.17) is 32.7 Å². The van der Waals surface area contributed by atoms with E-state index in [2.05, 4.69) is 14.7 Å². The lowest BCUT2D eigenvalue weighted by Gasteiger charge is -2.10. The lowest BCUT2D eigenvalue weighted by Crippen LogP contribution is -2.03. The summed E-state index contributed by atoms with van der Waals surface area (Å²) in [5, 5.41) is 9.85. The van der Waals surface area contributed by atoms with Crippen molar-refractivity contribution in [3.05, 3.63) is 64.3 Å². The topological polar surface area (TPSA) is 77.3 Å². The first-order valence-corrected chi connectivity index (χ1v) is 8.32. The molecule has 0 spiro atoms. The van der Waals surface area contributed by atoms with Crippen LogP contribution in [0.15, 0.2) is 48.7 Å². The maximum Gasteiger partial charge on any atom is 0.388 e. The molecule has 0 unspecified atom stereocenters. The summed E-state index contributed by atoms with van der Waals surface area (Å²) in [5.74, 6) is 0.221. The molecule has 0 fully saturated rings. The molecule has 1 aromatic carbocycles. The number of hydrogen-bond acceptors (Lipinski definition) is 6. The van der Waals surface area contributed by atoms with Crippen molar-refractivity contribution >= 4 is 23.2 Å². The minimum atomic E-state index is -3.02. The van der Waals surface area contributed by atoms with Gasteiger partial charge in [0.15, 0.2) is 0 Å². The molecule has 0 aliphatic carbocycles. The Kier molecular flexibility index (Phi) is 6.09. The maximum atomic E-state index is 12.3. The maximum absolute atomic E-state index is 12.3. The van der Waals surface area contributed by atoms with Crippen molar-refractivity contribution in [2.45, 2.75) is 6.61 Å². The summed E-state index contributed by atoms with van der Waals surface area (Å²) in [7, 11) is 0. The summed E-state index contributed by atoms with van der Waals surface area (Å²) in [5.41, 5.74) is 0.207. The van der Waals surface area contributed by atoms with E-state index < -0.39 is 6.61 Å². The summed E-state index contributed by atoms with van der Waals surface area (Å²) in [4.78, 5) is 7.77. The minimum Gasteiger partial charge on any atom is -0.439 e. The Morgan fingerprint density at radius 3 is 2.18 bits per heavy atom. The highest BCUT2D eigenvalue weighted by molar-refractivity contribution is 6.42.